The summed E-state index contributed by atoms with van der Waals surface area (Å²) in [5, 5.41) is 18.2. The monoisotopic (exact) mass is 275 g/mol. The molecule has 0 saturated carbocycles. The summed E-state index contributed by atoms with van der Waals surface area (Å²) in [5.74, 6) is 1.11. The van der Waals surface area contributed by atoms with E-state index in [1.54, 1.807) is 47.0 Å². The fraction of sp³-hybridized carbons (Fsp3) is 0.0769. The van der Waals surface area contributed by atoms with Crippen LogP contribution in [0.1, 0.15) is 5.82 Å². The van der Waals surface area contributed by atoms with Crippen molar-refractivity contribution in [3.05, 3.63) is 53.4 Å². The van der Waals surface area contributed by atoms with Crippen molar-refractivity contribution in [3.63, 3.8) is 0 Å². The Morgan fingerprint density at radius 3 is 2.84 bits per heavy atom. The van der Waals surface area contributed by atoms with Crippen LogP contribution in [0.3, 0.4) is 0 Å². The lowest BCUT2D eigenvalue weighted by Gasteiger charge is -2.06. The van der Waals surface area contributed by atoms with Gasteiger partial charge in [-0.05, 0) is 24.3 Å². The molecule has 96 valence electrons. The van der Waals surface area contributed by atoms with Crippen LogP contribution in [0.2, 0.25) is 5.02 Å². The number of rotatable bonds is 3. The summed E-state index contributed by atoms with van der Waals surface area (Å²) in [7, 11) is 0. The van der Waals surface area contributed by atoms with E-state index in [0.717, 1.165) is 0 Å². The minimum Gasteiger partial charge on any atom is -0.504 e. The van der Waals surface area contributed by atoms with Gasteiger partial charge in [0.05, 0.1) is 5.02 Å². The molecule has 2 aromatic heterocycles. The lowest BCUT2D eigenvalue weighted by Crippen LogP contribution is -2.01. The van der Waals surface area contributed by atoms with Crippen LogP contribution in [-0.2, 0) is 6.61 Å². The van der Waals surface area contributed by atoms with Crippen molar-refractivity contribution < 1.29 is 9.84 Å². The fourth-order valence-electron chi connectivity index (χ4n) is 1.73. The van der Waals surface area contributed by atoms with Crippen LogP contribution >= 0.6 is 11.6 Å². The molecule has 0 unspecified atom stereocenters. The first-order chi connectivity index (χ1) is 9.24. The Hall–Kier alpha value is -2.27. The van der Waals surface area contributed by atoms with E-state index < -0.39 is 0 Å². The number of ether oxygens (including phenoxy) is 1. The molecule has 19 heavy (non-hydrogen) atoms. The maximum Gasteiger partial charge on any atom is 0.175 e. The zero-order valence-electron chi connectivity index (χ0n) is 9.82. The molecule has 0 aliphatic rings. The number of halogens is 1. The molecule has 6 heteroatoms. The van der Waals surface area contributed by atoms with Crippen molar-refractivity contribution in [1.82, 2.24) is 14.6 Å². The largest absolute Gasteiger partial charge is 0.504 e. The normalized spacial score (nSPS) is 10.8. The number of pyridine rings is 1. The van der Waals surface area contributed by atoms with Gasteiger partial charge in [-0.25, -0.2) is 0 Å². The number of hydrogen-bond donors (Lipinski definition) is 1. The summed E-state index contributed by atoms with van der Waals surface area (Å²) < 4.78 is 7.27. The lowest BCUT2D eigenvalue weighted by molar-refractivity contribution is 0.279. The van der Waals surface area contributed by atoms with Gasteiger partial charge in [0.15, 0.2) is 23.0 Å². The average molecular weight is 276 g/mol. The SMILES string of the molecule is Oc1ccccc1OCc1nnc2ccc(Cl)cn12. The van der Waals surface area contributed by atoms with Gasteiger partial charge in [0, 0.05) is 6.20 Å². The van der Waals surface area contributed by atoms with Crippen LogP contribution in [0.15, 0.2) is 42.6 Å². The van der Waals surface area contributed by atoms with Crippen LogP contribution in [-0.4, -0.2) is 19.7 Å². The maximum absolute atomic E-state index is 9.61. The molecule has 3 rings (SSSR count). The third-order valence-corrected chi connectivity index (χ3v) is 2.88. The minimum atomic E-state index is 0.0920. The second-order valence-electron chi connectivity index (χ2n) is 3.95. The second kappa shape index (κ2) is 4.78. The predicted molar refractivity (Wildman–Crippen MR) is 70.4 cm³/mol. The van der Waals surface area contributed by atoms with Crippen LogP contribution in [0, 0.1) is 0 Å². The van der Waals surface area contributed by atoms with E-state index in [1.807, 2.05) is 0 Å². The molecule has 0 bridgehead atoms. The lowest BCUT2D eigenvalue weighted by atomic mass is 10.3. The molecule has 0 atom stereocenters. The Kier molecular flexibility index (Phi) is 2.97. The highest BCUT2D eigenvalue weighted by atomic mass is 35.5. The Labute approximate surface area is 114 Å². The van der Waals surface area contributed by atoms with E-state index in [9.17, 15) is 5.11 Å². The number of fused-ring (bicyclic) bond motifs is 1. The number of para-hydroxylation sites is 2. The van der Waals surface area contributed by atoms with Crippen molar-refractivity contribution in [1.29, 1.82) is 0 Å². The van der Waals surface area contributed by atoms with Crippen LogP contribution in [0.5, 0.6) is 11.5 Å². The zero-order valence-corrected chi connectivity index (χ0v) is 10.6. The number of hydrogen-bond acceptors (Lipinski definition) is 4. The van der Waals surface area contributed by atoms with E-state index in [2.05, 4.69) is 10.2 Å². The third-order valence-electron chi connectivity index (χ3n) is 2.66. The molecule has 0 radical (unpaired) electrons. The average Bonchev–Trinajstić information content (AvgIpc) is 2.80. The molecule has 1 aromatic carbocycles. The standard InChI is InChI=1S/C13H10ClN3O2/c14-9-5-6-12-15-16-13(17(12)7-9)8-19-11-4-2-1-3-10(11)18/h1-7,18H,8H2. The summed E-state index contributed by atoms with van der Waals surface area (Å²) in [6.07, 6.45) is 1.72. The zero-order chi connectivity index (χ0) is 13.2. The maximum atomic E-state index is 9.61. The fourth-order valence-corrected chi connectivity index (χ4v) is 1.89. The van der Waals surface area contributed by atoms with Gasteiger partial charge in [0.2, 0.25) is 0 Å². The quantitative estimate of drug-likeness (QED) is 0.798. The van der Waals surface area contributed by atoms with E-state index in [4.69, 9.17) is 16.3 Å². The first-order valence-electron chi connectivity index (χ1n) is 5.64. The molecule has 0 fully saturated rings. The summed E-state index contributed by atoms with van der Waals surface area (Å²) >= 11 is 5.93. The minimum absolute atomic E-state index is 0.0920. The van der Waals surface area contributed by atoms with Crippen molar-refractivity contribution in [2.24, 2.45) is 0 Å². The second-order valence-corrected chi connectivity index (χ2v) is 4.38. The first kappa shape index (κ1) is 11.8. The van der Waals surface area contributed by atoms with Crippen LogP contribution in [0.4, 0.5) is 0 Å². The van der Waals surface area contributed by atoms with Gasteiger partial charge < -0.3 is 9.84 Å². The van der Waals surface area contributed by atoms with Gasteiger partial charge in [0.1, 0.15) is 6.61 Å². The smallest absolute Gasteiger partial charge is 0.175 e. The molecule has 5 nitrogen and oxygen atoms in total. The molecule has 1 N–H and O–H groups in total. The van der Waals surface area contributed by atoms with Gasteiger partial charge in [-0.15, -0.1) is 10.2 Å². The van der Waals surface area contributed by atoms with Gasteiger partial charge in [-0.2, -0.15) is 0 Å². The van der Waals surface area contributed by atoms with Crippen LogP contribution < -0.4 is 4.74 Å². The van der Waals surface area contributed by atoms with Gasteiger partial charge in [0.25, 0.3) is 0 Å². The van der Waals surface area contributed by atoms with Crippen molar-refractivity contribution in [2.75, 3.05) is 0 Å². The Morgan fingerprint density at radius 1 is 1.16 bits per heavy atom. The van der Waals surface area contributed by atoms with Crippen LogP contribution in [0.25, 0.3) is 5.65 Å². The van der Waals surface area contributed by atoms with Crippen molar-refractivity contribution >= 4 is 17.2 Å². The highest BCUT2D eigenvalue weighted by Gasteiger charge is 2.08. The number of aromatic hydroxyl groups is 1. The molecule has 3 aromatic rings. The molecule has 0 spiro atoms. The van der Waals surface area contributed by atoms with Crippen molar-refractivity contribution in [2.45, 2.75) is 6.61 Å². The number of aromatic nitrogens is 3. The molecule has 2 heterocycles. The van der Waals surface area contributed by atoms with Gasteiger partial charge >= 0.3 is 0 Å². The molecule has 0 amide bonds. The van der Waals surface area contributed by atoms with Gasteiger partial charge in [-0.1, -0.05) is 23.7 Å². The molecule has 0 saturated heterocycles. The Morgan fingerprint density at radius 2 is 2.00 bits per heavy atom. The summed E-state index contributed by atoms with van der Waals surface area (Å²) in [6.45, 7) is 0.194. The molecular weight excluding hydrogens is 266 g/mol. The molecular formula is C13H10ClN3O2. The number of nitrogens with zero attached hydrogens (tertiary/aromatic N) is 3. The Bertz CT molecular complexity index is 727. The van der Waals surface area contributed by atoms with Crippen molar-refractivity contribution in [3.8, 4) is 11.5 Å². The topological polar surface area (TPSA) is 59.7 Å². The summed E-state index contributed by atoms with van der Waals surface area (Å²) in [4.78, 5) is 0. The van der Waals surface area contributed by atoms with Gasteiger partial charge in [-0.3, -0.25) is 4.40 Å². The highest BCUT2D eigenvalue weighted by Crippen LogP contribution is 2.25. The first-order valence-corrected chi connectivity index (χ1v) is 6.02. The highest BCUT2D eigenvalue weighted by molar-refractivity contribution is 6.30. The van der Waals surface area contributed by atoms with E-state index in [0.29, 0.717) is 22.2 Å². The summed E-state index contributed by atoms with van der Waals surface area (Å²) in [5.41, 5.74) is 0.695. The molecule has 0 aliphatic carbocycles. The number of benzene rings is 1. The number of phenolic OH excluding ortho intramolecular Hbond substituents is 1. The Balaban J connectivity index is 1.86. The third kappa shape index (κ3) is 2.32. The predicted octanol–water partition coefficient (Wildman–Crippen LogP) is 2.67. The van der Waals surface area contributed by atoms with E-state index >= 15 is 0 Å². The van der Waals surface area contributed by atoms with E-state index in [1.165, 1.54) is 0 Å². The molecule has 0 aliphatic heterocycles. The van der Waals surface area contributed by atoms with E-state index in [-0.39, 0.29) is 12.4 Å². The number of phenols is 1. The summed E-state index contributed by atoms with van der Waals surface area (Å²) in [6, 6.07) is 10.3.